The summed E-state index contributed by atoms with van der Waals surface area (Å²) in [7, 11) is 0. The van der Waals surface area contributed by atoms with E-state index < -0.39 is 0 Å². The quantitative estimate of drug-likeness (QED) is 0.891. The van der Waals surface area contributed by atoms with Gasteiger partial charge in [-0.25, -0.2) is 4.98 Å². The fourth-order valence-electron chi connectivity index (χ4n) is 3.37. The van der Waals surface area contributed by atoms with Crippen molar-refractivity contribution in [2.75, 3.05) is 11.9 Å². The Kier molecular flexibility index (Phi) is 2.13. The minimum atomic E-state index is 0.780. The van der Waals surface area contributed by atoms with E-state index in [1.54, 1.807) is 29.7 Å². The van der Waals surface area contributed by atoms with Crippen molar-refractivity contribution >= 4 is 5.82 Å². The normalized spacial score (nSPS) is 27.4. The molecule has 90 valence electrons. The van der Waals surface area contributed by atoms with Gasteiger partial charge in [0.1, 0.15) is 5.82 Å². The van der Waals surface area contributed by atoms with Gasteiger partial charge in [0.2, 0.25) is 0 Å². The smallest absolute Gasteiger partial charge is 0.144 e. The van der Waals surface area contributed by atoms with Crippen LogP contribution in [0.15, 0.2) is 42.9 Å². The second-order valence-corrected chi connectivity index (χ2v) is 5.23. The van der Waals surface area contributed by atoms with Gasteiger partial charge in [0.05, 0.1) is 6.20 Å². The molecule has 1 heterocycles. The van der Waals surface area contributed by atoms with E-state index in [0.717, 1.165) is 30.1 Å². The first-order chi connectivity index (χ1) is 8.93. The summed E-state index contributed by atoms with van der Waals surface area (Å²) < 4.78 is 0. The van der Waals surface area contributed by atoms with Crippen LogP contribution >= 0.6 is 0 Å². The molecular weight excluding hydrogens is 222 g/mol. The summed E-state index contributed by atoms with van der Waals surface area (Å²) in [6.07, 6.45) is 6.47. The van der Waals surface area contributed by atoms with Crippen LogP contribution in [-0.4, -0.2) is 16.5 Å². The van der Waals surface area contributed by atoms with Gasteiger partial charge in [-0.2, -0.15) is 0 Å². The van der Waals surface area contributed by atoms with Crippen LogP contribution in [-0.2, 0) is 6.42 Å². The molecule has 1 fully saturated rings. The molecule has 0 spiro atoms. The second kappa shape index (κ2) is 3.80. The van der Waals surface area contributed by atoms with Crippen molar-refractivity contribution in [2.45, 2.75) is 12.3 Å². The summed E-state index contributed by atoms with van der Waals surface area (Å²) in [6, 6.07) is 8.88. The lowest BCUT2D eigenvalue weighted by Gasteiger charge is -2.08. The van der Waals surface area contributed by atoms with E-state index in [0.29, 0.717) is 0 Å². The molecule has 2 aliphatic carbocycles. The molecule has 4 rings (SSSR count). The van der Waals surface area contributed by atoms with Crippen molar-refractivity contribution in [1.82, 2.24) is 9.97 Å². The predicted octanol–water partition coefficient (Wildman–Crippen LogP) is 2.47. The van der Waals surface area contributed by atoms with Gasteiger partial charge in [-0.15, -0.1) is 0 Å². The fraction of sp³-hybridized carbons (Fsp3) is 0.333. The number of aromatic nitrogens is 2. The first-order valence-corrected chi connectivity index (χ1v) is 6.51. The number of anilines is 1. The Morgan fingerprint density at radius 1 is 1.22 bits per heavy atom. The van der Waals surface area contributed by atoms with E-state index in [1.807, 2.05) is 0 Å². The Bertz CT molecular complexity index is 567. The first kappa shape index (κ1) is 10.1. The fourth-order valence-corrected chi connectivity index (χ4v) is 3.37. The molecule has 2 aromatic rings. The Labute approximate surface area is 106 Å². The number of hydrogen-bond acceptors (Lipinski definition) is 3. The number of benzene rings is 1. The molecule has 3 nitrogen and oxygen atoms in total. The molecule has 1 saturated carbocycles. The zero-order valence-corrected chi connectivity index (χ0v) is 10.1. The molecule has 0 unspecified atom stereocenters. The highest BCUT2D eigenvalue weighted by Crippen LogP contribution is 2.61. The van der Waals surface area contributed by atoms with Crippen molar-refractivity contribution in [1.29, 1.82) is 0 Å². The number of nitrogens with one attached hydrogen (secondary N) is 1. The molecule has 3 heteroatoms. The molecule has 3 atom stereocenters. The SMILES string of the molecule is c1ccc2c(c1)C[C@@H]1[C@@H](CNc3cnccn3)[C@H]21. The molecular formula is C15H15N3. The van der Waals surface area contributed by atoms with Crippen molar-refractivity contribution in [3.8, 4) is 0 Å². The van der Waals surface area contributed by atoms with E-state index >= 15 is 0 Å². The molecule has 1 N–H and O–H groups in total. The molecule has 2 aliphatic rings. The van der Waals surface area contributed by atoms with Gasteiger partial charge in [-0.05, 0) is 35.3 Å². The highest BCUT2D eigenvalue weighted by Gasteiger charge is 2.54. The van der Waals surface area contributed by atoms with E-state index in [4.69, 9.17) is 0 Å². The topological polar surface area (TPSA) is 37.8 Å². The van der Waals surface area contributed by atoms with Crippen LogP contribution in [0.2, 0.25) is 0 Å². The Balaban J connectivity index is 1.43. The highest BCUT2D eigenvalue weighted by atomic mass is 15.0. The second-order valence-electron chi connectivity index (χ2n) is 5.23. The van der Waals surface area contributed by atoms with Gasteiger partial charge in [0, 0.05) is 18.9 Å². The third kappa shape index (κ3) is 1.50. The summed E-state index contributed by atoms with van der Waals surface area (Å²) in [5.41, 5.74) is 3.14. The third-order valence-corrected chi connectivity index (χ3v) is 4.28. The largest absolute Gasteiger partial charge is 0.368 e. The standard InChI is InChI=1S/C15H15N3/c1-2-4-11-10(3-1)7-12-13(15(11)12)8-18-14-9-16-5-6-17-14/h1-6,9,12-13,15H,7-8H2,(H,17,18)/t12-,13-,15-/m1/s1. The number of fused-ring (bicyclic) bond motifs is 3. The zero-order valence-electron chi connectivity index (χ0n) is 10.1. The van der Waals surface area contributed by atoms with Crippen molar-refractivity contribution in [3.63, 3.8) is 0 Å². The van der Waals surface area contributed by atoms with E-state index in [9.17, 15) is 0 Å². The maximum atomic E-state index is 4.24. The van der Waals surface area contributed by atoms with Crippen LogP contribution in [0.25, 0.3) is 0 Å². The molecule has 18 heavy (non-hydrogen) atoms. The Morgan fingerprint density at radius 2 is 2.17 bits per heavy atom. The predicted molar refractivity (Wildman–Crippen MR) is 70.4 cm³/mol. The minimum absolute atomic E-state index is 0.780. The van der Waals surface area contributed by atoms with Gasteiger partial charge < -0.3 is 5.32 Å². The summed E-state index contributed by atoms with van der Waals surface area (Å²) in [4.78, 5) is 8.31. The molecule has 0 amide bonds. The van der Waals surface area contributed by atoms with Crippen LogP contribution in [0.3, 0.4) is 0 Å². The maximum absolute atomic E-state index is 4.24. The average Bonchev–Trinajstić information content (AvgIpc) is 2.97. The molecule has 1 aromatic carbocycles. The lowest BCUT2D eigenvalue weighted by Crippen LogP contribution is -2.09. The van der Waals surface area contributed by atoms with Crippen LogP contribution in [0.1, 0.15) is 17.0 Å². The molecule has 0 aliphatic heterocycles. The number of hydrogen-bond donors (Lipinski definition) is 1. The van der Waals surface area contributed by atoms with E-state index in [2.05, 4.69) is 39.6 Å². The van der Waals surface area contributed by atoms with Crippen LogP contribution < -0.4 is 5.32 Å². The van der Waals surface area contributed by atoms with Gasteiger partial charge in [0.15, 0.2) is 0 Å². The maximum Gasteiger partial charge on any atom is 0.144 e. The Hall–Kier alpha value is -1.90. The average molecular weight is 237 g/mol. The number of nitrogens with zero attached hydrogens (tertiary/aromatic N) is 2. The monoisotopic (exact) mass is 237 g/mol. The third-order valence-electron chi connectivity index (χ3n) is 4.28. The molecule has 0 radical (unpaired) electrons. The molecule has 1 aromatic heterocycles. The van der Waals surface area contributed by atoms with Crippen molar-refractivity contribution in [2.24, 2.45) is 11.8 Å². The summed E-state index contributed by atoms with van der Waals surface area (Å²) >= 11 is 0. The summed E-state index contributed by atoms with van der Waals surface area (Å²) in [5.74, 6) is 3.30. The summed E-state index contributed by atoms with van der Waals surface area (Å²) in [5, 5.41) is 3.39. The molecule has 0 saturated heterocycles. The first-order valence-electron chi connectivity index (χ1n) is 6.51. The lowest BCUT2D eigenvalue weighted by atomic mass is 10.0. The van der Waals surface area contributed by atoms with Gasteiger partial charge in [0.25, 0.3) is 0 Å². The number of rotatable bonds is 3. The van der Waals surface area contributed by atoms with Gasteiger partial charge in [-0.3, -0.25) is 4.98 Å². The minimum Gasteiger partial charge on any atom is -0.368 e. The van der Waals surface area contributed by atoms with Gasteiger partial charge >= 0.3 is 0 Å². The van der Waals surface area contributed by atoms with Crippen LogP contribution in [0, 0.1) is 11.8 Å². The van der Waals surface area contributed by atoms with Crippen LogP contribution in [0.4, 0.5) is 5.82 Å². The lowest BCUT2D eigenvalue weighted by molar-refractivity contribution is 0.718. The van der Waals surface area contributed by atoms with E-state index in [-0.39, 0.29) is 0 Å². The van der Waals surface area contributed by atoms with Crippen molar-refractivity contribution < 1.29 is 0 Å². The zero-order chi connectivity index (χ0) is 11.9. The summed E-state index contributed by atoms with van der Waals surface area (Å²) in [6.45, 7) is 1.02. The molecule has 0 bridgehead atoms. The van der Waals surface area contributed by atoms with E-state index in [1.165, 1.54) is 6.42 Å². The Morgan fingerprint density at radius 3 is 3.06 bits per heavy atom. The van der Waals surface area contributed by atoms with Crippen molar-refractivity contribution in [3.05, 3.63) is 54.0 Å². The van der Waals surface area contributed by atoms with Gasteiger partial charge in [-0.1, -0.05) is 24.3 Å². The van der Waals surface area contributed by atoms with Crippen LogP contribution in [0.5, 0.6) is 0 Å². The highest BCUT2D eigenvalue weighted by molar-refractivity contribution is 5.44.